The van der Waals surface area contributed by atoms with E-state index in [-0.39, 0.29) is 5.75 Å². The van der Waals surface area contributed by atoms with Crippen molar-refractivity contribution in [1.82, 2.24) is 10.3 Å². The fourth-order valence-electron chi connectivity index (χ4n) is 1.44. The number of methoxy groups -OCH3 is 1. The maximum atomic E-state index is 9.55. The smallest absolute Gasteiger partial charge is 0.138 e. The van der Waals surface area contributed by atoms with Gasteiger partial charge in [-0.15, -0.1) is 0 Å². The van der Waals surface area contributed by atoms with E-state index in [1.165, 1.54) is 0 Å². The fraction of sp³-hybridized carbons (Fsp3) is 0.583. The number of aromatic nitrogens is 1. The van der Waals surface area contributed by atoms with Crippen LogP contribution in [0.1, 0.15) is 24.2 Å². The molecule has 1 rings (SSSR count). The molecule has 90 valence electrons. The van der Waals surface area contributed by atoms with E-state index in [0.717, 1.165) is 31.7 Å². The van der Waals surface area contributed by atoms with Crippen LogP contribution in [0.3, 0.4) is 0 Å². The summed E-state index contributed by atoms with van der Waals surface area (Å²) >= 11 is 0. The lowest BCUT2D eigenvalue weighted by molar-refractivity contribution is 0.192. The van der Waals surface area contributed by atoms with Gasteiger partial charge in [-0.1, -0.05) is 0 Å². The molecule has 0 atom stereocenters. The van der Waals surface area contributed by atoms with Crippen molar-refractivity contribution < 1.29 is 9.84 Å². The second-order valence-electron chi connectivity index (χ2n) is 3.80. The summed E-state index contributed by atoms with van der Waals surface area (Å²) in [5.41, 5.74) is 1.64. The van der Waals surface area contributed by atoms with Crippen molar-refractivity contribution >= 4 is 0 Å². The lowest BCUT2D eigenvalue weighted by Crippen LogP contribution is -2.16. The van der Waals surface area contributed by atoms with E-state index in [1.807, 2.05) is 6.92 Å². The van der Waals surface area contributed by atoms with Crippen LogP contribution in [0.2, 0.25) is 0 Å². The molecule has 1 heterocycles. The Morgan fingerprint density at radius 2 is 2.19 bits per heavy atom. The zero-order valence-electron chi connectivity index (χ0n) is 9.99. The van der Waals surface area contributed by atoms with Crippen LogP contribution in [0.25, 0.3) is 0 Å². The van der Waals surface area contributed by atoms with E-state index >= 15 is 0 Å². The molecule has 16 heavy (non-hydrogen) atoms. The first kappa shape index (κ1) is 12.9. The summed E-state index contributed by atoms with van der Waals surface area (Å²) in [6.07, 6.45) is 2.12. The number of pyridine rings is 1. The minimum Gasteiger partial charge on any atom is -0.506 e. The summed E-state index contributed by atoms with van der Waals surface area (Å²) in [6, 6.07) is 3.49. The Morgan fingerprint density at radius 3 is 2.94 bits per heavy atom. The van der Waals surface area contributed by atoms with Crippen molar-refractivity contribution in [3.63, 3.8) is 0 Å². The van der Waals surface area contributed by atoms with Crippen LogP contribution in [0.5, 0.6) is 5.75 Å². The second-order valence-corrected chi connectivity index (χ2v) is 3.80. The van der Waals surface area contributed by atoms with Crippen LogP contribution in [0.4, 0.5) is 0 Å². The summed E-state index contributed by atoms with van der Waals surface area (Å²) in [5, 5.41) is 12.8. The summed E-state index contributed by atoms with van der Waals surface area (Å²) in [6.45, 7) is 4.25. The van der Waals surface area contributed by atoms with Gasteiger partial charge in [-0.05, 0) is 38.4 Å². The maximum absolute atomic E-state index is 9.55. The lowest BCUT2D eigenvalue weighted by atomic mass is 10.2. The molecule has 0 aromatic carbocycles. The van der Waals surface area contributed by atoms with Crippen LogP contribution in [0.15, 0.2) is 12.1 Å². The molecular weight excluding hydrogens is 204 g/mol. The highest BCUT2D eigenvalue weighted by atomic mass is 16.5. The molecule has 0 unspecified atom stereocenters. The SMILES string of the molecule is COCCCCNCc1nc(C)ccc1O. The van der Waals surface area contributed by atoms with E-state index in [2.05, 4.69) is 10.3 Å². The third-order valence-corrected chi connectivity index (χ3v) is 2.33. The highest BCUT2D eigenvalue weighted by Crippen LogP contribution is 2.13. The molecule has 0 aliphatic rings. The van der Waals surface area contributed by atoms with Crippen molar-refractivity contribution in [2.45, 2.75) is 26.3 Å². The Kier molecular flexibility index (Phi) is 5.82. The number of nitrogens with one attached hydrogen (secondary N) is 1. The average molecular weight is 224 g/mol. The highest BCUT2D eigenvalue weighted by Gasteiger charge is 2.01. The summed E-state index contributed by atoms with van der Waals surface area (Å²) in [7, 11) is 1.71. The molecule has 0 bridgehead atoms. The molecule has 0 spiro atoms. The quantitative estimate of drug-likeness (QED) is 0.691. The Morgan fingerprint density at radius 1 is 1.38 bits per heavy atom. The van der Waals surface area contributed by atoms with Crippen molar-refractivity contribution in [3.8, 4) is 5.75 Å². The second kappa shape index (κ2) is 7.19. The minimum atomic E-state index is 0.259. The number of unbranched alkanes of at least 4 members (excludes halogenated alkanes) is 1. The first-order chi connectivity index (χ1) is 7.74. The molecule has 0 aliphatic carbocycles. The monoisotopic (exact) mass is 224 g/mol. The normalized spacial score (nSPS) is 10.6. The summed E-state index contributed by atoms with van der Waals surface area (Å²) in [5.74, 6) is 0.259. The number of aromatic hydroxyl groups is 1. The molecule has 1 aromatic heterocycles. The Labute approximate surface area is 96.7 Å². The number of aryl methyl sites for hydroxylation is 1. The molecule has 0 amide bonds. The third-order valence-electron chi connectivity index (χ3n) is 2.33. The average Bonchev–Trinajstić information content (AvgIpc) is 2.28. The molecule has 2 N–H and O–H groups in total. The molecule has 1 aromatic rings. The number of hydrogen-bond donors (Lipinski definition) is 2. The highest BCUT2D eigenvalue weighted by molar-refractivity contribution is 5.27. The van der Waals surface area contributed by atoms with Crippen LogP contribution in [-0.2, 0) is 11.3 Å². The summed E-state index contributed by atoms with van der Waals surface area (Å²) < 4.78 is 4.96. The predicted octanol–water partition coefficient (Wildman–Crippen LogP) is 1.61. The molecule has 0 saturated heterocycles. The van der Waals surface area contributed by atoms with Gasteiger partial charge in [0.1, 0.15) is 5.75 Å². The van der Waals surface area contributed by atoms with Gasteiger partial charge in [0.15, 0.2) is 0 Å². The van der Waals surface area contributed by atoms with Gasteiger partial charge in [0.25, 0.3) is 0 Å². The van der Waals surface area contributed by atoms with E-state index < -0.39 is 0 Å². The van der Waals surface area contributed by atoms with Gasteiger partial charge < -0.3 is 15.2 Å². The standard InChI is InChI=1S/C12H20N2O2/c1-10-5-6-12(15)11(14-10)9-13-7-3-4-8-16-2/h5-6,13,15H,3-4,7-9H2,1-2H3. The first-order valence-electron chi connectivity index (χ1n) is 5.59. The van der Waals surface area contributed by atoms with E-state index in [1.54, 1.807) is 19.2 Å². The van der Waals surface area contributed by atoms with Gasteiger partial charge >= 0.3 is 0 Å². The molecule has 0 aliphatic heterocycles. The van der Waals surface area contributed by atoms with Gasteiger partial charge in [0.2, 0.25) is 0 Å². The third kappa shape index (κ3) is 4.59. The van der Waals surface area contributed by atoms with Crippen LogP contribution >= 0.6 is 0 Å². The Balaban J connectivity index is 2.23. The molecule has 0 fully saturated rings. The van der Waals surface area contributed by atoms with Gasteiger partial charge in [0, 0.05) is 26.0 Å². The Bertz CT molecular complexity index is 316. The van der Waals surface area contributed by atoms with Gasteiger partial charge in [-0.2, -0.15) is 0 Å². The number of rotatable bonds is 7. The largest absolute Gasteiger partial charge is 0.506 e. The molecule has 0 saturated carbocycles. The van der Waals surface area contributed by atoms with E-state index in [0.29, 0.717) is 12.2 Å². The molecule has 4 heteroatoms. The number of hydrogen-bond acceptors (Lipinski definition) is 4. The maximum Gasteiger partial charge on any atom is 0.138 e. The van der Waals surface area contributed by atoms with Crippen LogP contribution in [0, 0.1) is 6.92 Å². The topological polar surface area (TPSA) is 54.4 Å². The zero-order chi connectivity index (χ0) is 11.8. The number of ether oxygens (including phenoxy) is 1. The van der Waals surface area contributed by atoms with E-state index in [9.17, 15) is 5.11 Å². The fourth-order valence-corrected chi connectivity index (χ4v) is 1.44. The van der Waals surface area contributed by atoms with Crippen LogP contribution in [-0.4, -0.2) is 30.4 Å². The molecular formula is C12H20N2O2. The van der Waals surface area contributed by atoms with Crippen LogP contribution < -0.4 is 5.32 Å². The van der Waals surface area contributed by atoms with Gasteiger partial charge in [-0.3, -0.25) is 4.98 Å². The minimum absolute atomic E-state index is 0.259. The first-order valence-corrected chi connectivity index (χ1v) is 5.59. The summed E-state index contributed by atoms with van der Waals surface area (Å²) in [4.78, 5) is 4.27. The zero-order valence-corrected chi connectivity index (χ0v) is 9.99. The Hall–Kier alpha value is -1.13. The van der Waals surface area contributed by atoms with Gasteiger partial charge in [0.05, 0.1) is 5.69 Å². The molecule has 0 radical (unpaired) electrons. The molecule has 4 nitrogen and oxygen atoms in total. The van der Waals surface area contributed by atoms with Crippen molar-refractivity contribution in [3.05, 3.63) is 23.5 Å². The van der Waals surface area contributed by atoms with Crippen molar-refractivity contribution in [2.75, 3.05) is 20.3 Å². The number of nitrogens with zero attached hydrogens (tertiary/aromatic N) is 1. The predicted molar refractivity (Wildman–Crippen MR) is 63.5 cm³/mol. The lowest BCUT2D eigenvalue weighted by Gasteiger charge is -2.06. The van der Waals surface area contributed by atoms with Crippen molar-refractivity contribution in [1.29, 1.82) is 0 Å². The van der Waals surface area contributed by atoms with Gasteiger partial charge in [-0.25, -0.2) is 0 Å². The van der Waals surface area contributed by atoms with E-state index in [4.69, 9.17) is 4.74 Å². The van der Waals surface area contributed by atoms with Crippen molar-refractivity contribution in [2.24, 2.45) is 0 Å².